The van der Waals surface area contributed by atoms with Gasteiger partial charge in [0.15, 0.2) is 0 Å². The van der Waals surface area contributed by atoms with Gasteiger partial charge in [-0.2, -0.15) is 13.2 Å². The minimum absolute atomic E-state index is 0.0466. The van der Waals surface area contributed by atoms with Crippen LogP contribution in [0.15, 0.2) is 18.3 Å². The third-order valence-electron chi connectivity index (χ3n) is 6.23. The number of hydrogen-bond acceptors (Lipinski definition) is 4. The summed E-state index contributed by atoms with van der Waals surface area (Å²) >= 11 is 0. The molecule has 0 unspecified atom stereocenters. The van der Waals surface area contributed by atoms with Gasteiger partial charge < -0.3 is 9.64 Å². The topological polar surface area (TPSA) is 45.7 Å². The first-order valence-corrected chi connectivity index (χ1v) is 10.1. The van der Waals surface area contributed by atoms with Crippen LogP contribution in [0.5, 0.6) is 5.88 Å². The van der Waals surface area contributed by atoms with Gasteiger partial charge in [0.2, 0.25) is 11.8 Å². The van der Waals surface area contributed by atoms with Crippen molar-refractivity contribution < 1.29 is 22.7 Å². The maximum Gasteiger partial charge on any atom is 0.417 e. The summed E-state index contributed by atoms with van der Waals surface area (Å²) in [6, 6.07) is 2.92. The molecule has 0 atom stereocenters. The van der Waals surface area contributed by atoms with Crippen molar-refractivity contribution in [3.8, 4) is 5.88 Å². The van der Waals surface area contributed by atoms with Crippen LogP contribution in [0.25, 0.3) is 0 Å². The summed E-state index contributed by atoms with van der Waals surface area (Å²) in [6.07, 6.45) is 2.33. The Morgan fingerprint density at radius 1 is 1.07 bits per heavy atom. The van der Waals surface area contributed by atoms with Crippen molar-refractivity contribution in [3.63, 3.8) is 0 Å². The summed E-state index contributed by atoms with van der Waals surface area (Å²) in [5.74, 6) is 0.320. The molecule has 1 saturated heterocycles. The summed E-state index contributed by atoms with van der Waals surface area (Å²) < 4.78 is 43.3. The van der Waals surface area contributed by atoms with Crippen molar-refractivity contribution in [2.45, 2.75) is 56.8 Å². The van der Waals surface area contributed by atoms with Gasteiger partial charge in [0, 0.05) is 50.4 Å². The van der Waals surface area contributed by atoms with Crippen LogP contribution < -0.4 is 4.74 Å². The van der Waals surface area contributed by atoms with Crippen LogP contribution in [0, 0.1) is 5.92 Å². The maximum absolute atomic E-state index is 12.8. The number of alkyl halides is 3. The van der Waals surface area contributed by atoms with Gasteiger partial charge in [0.05, 0.1) is 5.56 Å². The Balaban J connectivity index is 1.23. The van der Waals surface area contributed by atoms with Gasteiger partial charge in [0.1, 0.15) is 6.10 Å². The standard InChI is InChI=1S/C20H26F3N3O2/c21-20(22,23)15-5-6-18(24-13-15)28-17-11-14(12-17)19(27)26-8-2-7-25(9-10-26)16-3-1-4-16/h5-6,13-14,16-17H,1-4,7-12H2. The van der Waals surface area contributed by atoms with Crippen LogP contribution >= 0.6 is 0 Å². The third-order valence-corrected chi connectivity index (χ3v) is 6.23. The molecular formula is C20H26F3N3O2. The number of ether oxygens (including phenoxy) is 1. The Kier molecular flexibility index (Phi) is 5.49. The first-order valence-electron chi connectivity index (χ1n) is 10.1. The Hall–Kier alpha value is -1.83. The van der Waals surface area contributed by atoms with E-state index in [1.165, 1.54) is 25.3 Å². The Labute approximate surface area is 162 Å². The molecule has 0 aromatic carbocycles. The molecule has 2 saturated carbocycles. The van der Waals surface area contributed by atoms with Gasteiger partial charge in [-0.1, -0.05) is 6.42 Å². The van der Waals surface area contributed by atoms with Crippen molar-refractivity contribution in [2.24, 2.45) is 5.92 Å². The maximum atomic E-state index is 12.8. The number of hydrogen-bond donors (Lipinski definition) is 0. The van der Waals surface area contributed by atoms with E-state index < -0.39 is 11.7 Å². The van der Waals surface area contributed by atoms with Crippen molar-refractivity contribution in [2.75, 3.05) is 26.2 Å². The quantitative estimate of drug-likeness (QED) is 0.782. The zero-order chi connectivity index (χ0) is 19.7. The van der Waals surface area contributed by atoms with Gasteiger partial charge in [-0.3, -0.25) is 9.69 Å². The summed E-state index contributed by atoms with van der Waals surface area (Å²) in [7, 11) is 0. The normalized spacial score (nSPS) is 26.9. The Bertz CT molecular complexity index is 685. The molecule has 2 heterocycles. The van der Waals surface area contributed by atoms with E-state index in [4.69, 9.17) is 4.74 Å². The second kappa shape index (κ2) is 7.89. The highest BCUT2D eigenvalue weighted by atomic mass is 19.4. The van der Waals surface area contributed by atoms with E-state index in [1.807, 2.05) is 4.90 Å². The van der Waals surface area contributed by atoms with Gasteiger partial charge in [0.25, 0.3) is 0 Å². The van der Waals surface area contributed by atoms with E-state index in [1.54, 1.807) is 0 Å². The first-order chi connectivity index (χ1) is 13.4. The summed E-state index contributed by atoms with van der Waals surface area (Å²) in [5.41, 5.74) is -0.793. The number of aromatic nitrogens is 1. The fourth-order valence-corrected chi connectivity index (χ4v) is 4.18. The summed E-state index contributed by atoms with van der Waals surface area (Å²) in [5, 5.41) is 0. The van der Waals surface area contributed by atoms with Gasteiger partial charge >= 0.3 is 6.18 Å². The van der Waals surface area contributed by atoms with Crippen molar-refractivity contribution >= 4 is 5.91 Å². The van der Waals surface area contributed by atoms with Crippen LogP contribution in [-0.2, 0) is 11.0 Å². The lowest BCUT2D eigenvalue weighted by molar-refractivity contribution is -0.141. The van der Waals surface area contributed by atoms with Crippen LogP contribution in [-0.4, -0.2) is 59.0 Å². The number of amides is 1. The molecule has 1 amide bonds. The monoisotopic (exact) mass is 397 g/mol. The highest BCUT2D eigenvalue weighted by molar-refractivity contribution is 5.80. The smallest absolute Gasteiger partial charge is 0.417 e. The second-order valence-corrected chi connectivity index (χ2v) is 8.09. The fraction of sp³-hybridized carbons (Fsp3) is 0.700. The molecule has 154 valence electrons. The van der Waals surface area contributed by atoms with Crippen molar-refractivity contribution in [3.05, 3.63) is 23.9 Å². The molecule has 3 fully saturated rings. The molecule has 0 spiro atoms. The van der Waals surface area contributed by atoms with Crippen LogP contribution in [0.4, 0.5) is 13.2 Å². The lowest BCUT2D eigenvalue weighted by Gasteiger charge is -2.38. The van der Waals surface area contributed by atoms with Crippen LogP contribution in [0.3, 0.4) is 0 Å². The van der Waals surface area contributed by atoms with E-state index in [0.29, 0.717) is 18.9 Å². The minimum Gasteiger partial charge on any atom is -0.474 e. The fourth-order valence-electron chi connectivity index (χ4n) is 4.18. The first kappa shape index (κ1) is 19.5. The molecule has 0 bridgehead atoms. The summed E-state index contributed by atoms with van der Waals surface area (Å²) in [6.45, 7) is 3.63. The molecule has 1 aliphatic heterocycles. The predicted molar refractivity (Wildman–Crippen MR) is 96.8 cm³/mol. The van der Waals surface area contributed by atoms with Crippen molar-refractivity contribution in [1.29, 1.82) is 0 Å². The summed E-state index contributed by atoms with van der Waals surface area (Å²) in [4.78, 5) is 21.0. The average molecular weight is 397 g/mol. The predicted octanol–water partition coefficient (Wildman–Crippen LogP) is 3.34. The SMILES string of the molecule is O=C(C1CC(Oc2ccc(C(F)(F)F)cn2)C1)N1CCCN(C2CCC2)CC1. The largest absolute Gasteiger partial charge is 0.474 e. The molecule has 4 rings (SSSR count). The number of nitrogens with zero attached hydrogens (tertiary/aromatic N) is 3. The average Bonchev–Trinajstić information content (AvgIpc) is 2.81. The molecule has 5 nitrogen and oxygen atoms in total. The van der Waals surface area contributed by atoms with E-state index in [0.717, 1.165) is 44.9 Å². The van der Waals surface area contributed by atoms with Gasteiger partial charge in [-0.15, -0.1) is 0 Å². The Morgan fingerprint density at radius 2 is 1.86 bits per heavy atom. The van der Waals surface area contributed by atoms with E-state index in [9.17, 15) is 18.0 Å². The molecule has 2 aliphatic carbocycles. The van der Waals surface area contributed by atoms with E-state index in [2.05, 4.69) is 9.88 Å². The Morgan fingerprint density at radius 3 is 2.46 bits per heavy atom. The molecule has 8 heteroatoms. The van der Waals surface area contributed by atoms with E-state index in [-0.39, 0.29) is 23.8 Å². The molecule has 0 N–H and O–H groups in total. The lowest BCUT2D eigenvalue weighted by Crippen LogP contribution is -2.47. The number of carbonyl (C=O) groups excluding carboxylic acids is 1. The molecule has 0 radical (unpaired) electrons. The van der Waals surface area contributed by atoms with Crippen LogP contribution in [0.1, 0.15) is 44.1 Å². The third kappa shape index (κ3) is 4.26. The van der Waals surface area contributed by atoms with Crippen molar-refractivity contribution in [1.82, 2.24) is 14.8 Å². The lowest BCUT2D eigenvalue weighted by atomic mass is 9.81. The zero-order valence-corrected chi connectivity index (χ0v) is 15.8. The highest BCUT2D eigenvalue weighted by Crippen LogP contribution is 2.34. The minimum atomic E-state index is -4.40. The molecule has 28 heavy (non-hydrogen) atoms. The number of rotatable bonds is 4. The second-order valence-electron chi connectivity index (χ2n) is 8.09. The number of halogens is 3. The number of carbonyl (C=O) groups is 1. The number of pyridine rings is 1. The van der Waals surface area contributed by atoms with E-state index >= 15 is 0 Å². The molecular weight excluding hydrogens is 371 g/mol. The van der Waals surface area contributed by atoms with Crippen LogP contribution in [0.2, 0.25) is 0 Å². The highest BCUT2D eigenvalue weighted by Gasteiger charge is 2.39. The molecule has 1 aromatic heterocycles. The zero-order valence-electron chi connectivity index (χ0n) is 15.8. The van der Waals surface area contributed by atoms with Gasteiger partial charge in [-0.05, 0) is 38.2 Å². The molecule has 3 aliphatic rings. The molecule has 1 aromatic rings. The van der Waals surface area contributed by atoms with Gasteiger partial charge in [-0.25, -0.2) is 4.98 Å².